The van der Waals surface area contributed by atoms with Crippen molar-refractivity contribution in [2.45, 2.75) is 12.2 Å². The van der Waals surface area contributed by atoms with E-state index in [0.717, 1.165) is 6.26 Å². The van der Waals surface area contributed by atoms with Gasteiger partial charge >= 0.3 is 0 Å². The molecule has 1 unspecified atom stereocenters. The molecule has 0 saturated carbocycles. The van der Waals surface area contributed by atoms with Crippen molar-refractivity contribution < 1.29 is 17.9 Å². The van der Waals surface area contributed by atoms with E-state index in [1.807, 2.05) is 0 Å². The van der Waals surface area contributed by atoms with Crippen LogP contribution in [0.2, 0.25) is 0 Å². The molecule has 8 heteroatoms. The minimum atomic E-state index is -3.46. The number of anilines is 1. The zero-order valence-electron chi connectivity index (χ0n) is 11.3. The number of carbonyl (C=O) groups is 1. The molecular formula is C12H16N2O4S2. The highest BCUT2D eigenvalue weighted by atomic mass is 32.2. The van der Waals surface area contributed by atoms with Crippen molar-refractivity contribution in [1.82, 2.24) is 0 Å². The molecule has 1 aromatic carbocycles. The van der Waals surface area contributed by atoms with E-state index in [4.69, 9.17) is 22.7 Å². The minimum Gasteiger partial charge on any atom is -0.495 e. The molecule has 110 valence electrons. The predicted octanol–water partition coefficient (Wildman–Crippen LogP) is 0.701. The van der Waals surface area contributed by atoms with Crippen molar-refractivity contribution in [3.63, 3.8) is 0 Å². The molecule has 0 aliphatic carbocycles. The summed E-state index contributed by atoms with van der Waals surface area (Å²) >= 11 is 4.85. The van der Waals surface area contributed by atoms with Crippen LogP contribution >= 0.6 is 12.2 Å². The number of benzene rings is 1. The Balaban J connectivity index is 3.04. The molecule has 1 rings (SSSR count). The molecule has 0 bridgehead atoms. The second kappa shape index (κ2) is 6.19. The third kappa shape index (κ3) is 3.91. The van der Waals surface area contributed by atoms with Crippen LogP contribution in [-0.4, -0.2) is 37.9 Å². The number of carbonyl (C=O) groups excluding carboxylic acids is 1. The van der Waals surface area contributed by atoms with E-state index in [9.17, 15) is 13.2 Å². The van der Waals surface area contributed by atoms with E-state index in [1.54, 1.807) is 18.2 Å². The van der Waals surface area contributed by atoms with Crippen molar-refractivity contribution in [1.29, 1.82) is 0 Å². The first kappa shape index (κ1) is 16.4. The molecule has 6 nitrogen and oxygen atoms in total. The standard InChI is InChI=1S/C12H16N2O4S2/c1-7(20(3,16)17)12(15)14-9-5-4-8(11(13)19)6-10(9)18-2/h4-7H,1-3H3,(H2,13,19)(H,14,15). The number of hydrogen-bond donors (Lipinski definition) is 2. The molecule has 3 N–H and O–H groups in total. The highest BCUT2D eigenvalue weighted by Gasteiger charge is 2.24. The quantitative estimate of drug-likeness (QED) is 0.776. The van der Waals surface area contributed by atoms with E-state index in [1.165, 1.54) is 14.0 Å². The van der Waals surface area contributed by atoms with Gasteiger partial charge in [-0.05, 0) is 25.1 Å². The summed E-state index contributed by atoms with van der Waals surface area (Å²) in [5.41, 5.74) is 6.45. The van der Waals surface area contributed by atoms with E-state index in [2.05, 4.69) is 5.32 Å². The summed E-state index contributed by atoms with van der Waals surface area (Å²) in [7, 11) is -2.03. The molecule has 0 aliphatic rings. The third-order valence-electron chi connectivity index (χ3n) is 2.76. The fraction of sp³-hybridized carbons (Fsp3) is 0.333. The molecule has 0 aromatic heterocycles. The topological polar surface area (TPSA) is 98.5 Å². The summed E-state index contributed by atoms with van der Waals surface area (Å²) in [4.78, 5) is 12.0. The lowest BCUT2D eigenvalue weighted by Crippen LogP contribution is -2.31. The molecule has 1 aromatic rings. The fourth-order valence-corrected chi connectivity index (χ4v) is 1.95. The summed E-state index contributed by atoms with van der Waals surface area (Å²) in [5, 5.41) is 1.36. The maximum Gasteiger partial charge on any atom is 0.242 e. The highest BCUT2D eigenvalue weighted by molar-refractivity contribution is 7.92. The van der Waals surface area contributed by atoms with Gasteiger partial charge in [-0.15, -0.1) is 0 Å². The number of sulfone groups is 1. The van der Waals surface area contributed by atoms with E-state index >= 15 is 0 Å². The normalized spacial score (nSPS) is 12.6. The van der Waals surface area contributed by atoms with Gasteiger partial charge in [-0.1, -0.05) is 12.2 Å². The second-order valence-corrected chi connectivity index (χ2v) is 7.05. The second-order valence-electron chi connectivity index (χ2n) is 4.24. The number of ether oxygens (including phenoxy) is 1. The lowest BCUT2D eigenvalue weighted by Gasteiger charge is -2.14. The smallest absolute Gasteiger partial charge is 0.242 e. The Morgan fingerprint density at radius 3 is 2.50 bits per heavy atom. The molecule has 0 radical (unpaired) electrons. The first-order chi connectivity index (χ1) is 9.16. The molecule has 20 heavy (non-hydrogen) atoms. The van der Waals surface area contributed by atoms with Crippen molar-refractivity contribution in [3.8, 4) is 5.75 Å². The summed E-state index contributed by atoms with van der Waals surface area (Å²) in [6, 6.07) is 4.74. The van der Waals surface area contributed by atoms with Crippen LogP contribution in [-0.2, 0) is 14.6 Å². The Kier molecular flexibility index (Phi) is 5.07. The van der Waals surface area contributed by atoms with Crippen LogP contribution < -0.4 is 15.8 Å². The average molecular weight is 316 g/mol. The molecule has 0 fully saturated rings. The number of hydrogen-bond acceptors (Lipinski definition) is 5. The van der Waals surface area contributed by atoms with Crippen molar-refractivity contribution >= 4 is 38.6 Å². The number of nitrogens with one attached hydrogen (secondary N) is 1. The largest absolute Gasteiger partial charge is 0.495 e. The SMILES string of the molecule is COc1cc(C(N)=S)ccc1NC(=O)C(C)S(C)(=O)=O. The monoisotopic (exact) mass is 316 g/mol. The first-order valence-electron chi connectivity index (χ1n) is 5.64. The van der Waals surface area contributed by atoms with Crippen LogP contribution in [0.3, 0.4) is 0 Å². The van der Waals surface area contributed by atoms with Gasteiger partial charge in [0.1, 0.15) is 16.0 Å². The van der Waals surface area contributed by atoms with Crippen LogP contribution in [0.25, 0.3) is 0 Å². The molecule has 0 spiro atoms. The third-order valence-corrected chi connectivity index (χ3v) is 4.49. The van der Waals surface area contributed by atoms with Crippen LogP contribution in [0.1, 0.15) is 12.5 Å². The van der Waals surface area contributed by atoms with Crippen LogP contribution in [0, 0.1) is 0 Å². The van der Waals surface area contributed by atoms with Gasteiger partial charge in [0.15, 0.2) is 9.84 Å². The van der Waals surface area contributed by atoms with Gasteiger partial charge in [0.05, 0.1) is 12.8 Å². The Bertz CT molecular complexity index is 641. The van der Waals surface area contributed by atoms with E-state index in [-0.39, 0.29) is 4.99 Å². The van der Waals surface area contributed by atoms with Crippen molar-refractivity contribution in [2.24, 2.45) is 5.73 Å². The summed E-state index contributed by atoms with van der Waals surface area (Å²) in [5.74, 6) is -0.279. The maximum atomic E-state index is 11.8. The molecular weight excluding hydrogens is 300 g/mol. The number of amides is 1. The molecule has 0 aliphatic heterocycles. The molecule has 1 atom stereocenters. The molecule has 0 saturated heterocycles. The number of thiocarbonyl (C=S) groups is 1. The Morgan fingerprint density at radius 2 is 2.05 bits per heavy atom. The Labute approximate surface area is 123 Å². The lowest BCUT2D eigenvalue weighted by molar-refractivity contribution is -0.115. The highest BCUT2D eigenvalue weighted by Crippen LogP contribution is 2.26. The van der Waals surface area contributed by atoms with Gasteiger partial charge in [0, 0.05) is 11.8 Å². The lowest BCUT2D eigenvalue weighted by atomic mass is 10.2. The fourth-order valence-electron chi connectivity index (χ4n) is 1.38. The summed E-state index contributed by atoms with van der Waals surface area (Å²) < 4.78 is 27.8. The zero-order valence-corrected chi connectivity index (χ0v) is 13.0. The Hall–Kier alpha value is -1.67. The summed E-state index contributed by atoms with van der Waals surface area (Å²) in [6.07, 6.45) is 1.00. The zero-order chi connectivity index (χ0) is 15.5. The number of nitrogens with two attached hydrogens (primary N) is 1. The van der Waals surface area contributed by atoms with Crippen LogP contribution in [0.4, 0.5) is 5.69 Å². The van der Waals surface area contributed by atoms with Crippen LogP contribution in [0.5, 0.6) is 5.75 Å². The van der Waals surface area contributed by atoms with E-state index < -0.39 is 21.0 Å². The van der Waals surface area contributed by atoms with Gasteiger partial charge in [-0.2, -0.15) is 0 Å². The molecule has 1 amide bonds. The Morgan fingerprint density at radius 1 is 1.45 bits per heavy atom. The average Bonchev–Trinajstić information content (AvgIpc) is 2.36. The van der Waals surface area contributed by atoms with Gasteiger partial charge in [0.2, 0.25) is 5.91 Å². The van der Waals surface area contributed by atoms with Crippen molar-refractivity contribution in [3.05, 3.63) is 23.8 Å². The predicted molar refractivity (Wildman–Crippen MR) is 81.8 cm³/mol. The van der Waals surface area contributed by atoms with Gasteiger partial charge < -0.3 is 15.8 Å². The van der Waals surface area contributed by atoms with E-state index in [0.29, 0.717) is 17.0 Å². The maximum absolute atomic E-state index is 11.8. The van der Waals surface area contributed by atoms with Gasteiger partial charge in [-0.25, -0.2) is 8.42 Å². The minimum absolute atomic E-state index is 0.200. The first-order valence-corrected chi connectivity index (χ1v) is 8.00. The molecule has 0 heterocycles. The number of rotatable bonds is 5. The van der Waals surface area contributed by atoms with Gasteiger partial charge in [-0.3, -0.25) is 4.79 Å². The summed E-state index contributed by atoms with van der Waals surface area (Å²) in [6.45, 7) is 1.32. The van der Waals surface area contributed by atoms with Gasteiger partial charge in [0.25, 0.3) is 0 Å². The van der Waals surface area contributed by atoms with Crippen molar-refractivity contribution in [2.75, 3.05) is 18.7 Å². The number of methoxy groups -OCH3 is 1. The van der Waals surface area contributed by atoms with Crippen LogP contribution in [0.15, 0.2) is 18.2 Å².